The Balaban J connectivity index is 1.86. The molecule has 0 aliphatic carbocycles. The van der Waals surface area contributed by atoms with Gasteiger partial charge in [0.1, 0.15) is 22.5 Å². The Bertz CT molecular complexity index is 1360. The maximum Gasteiger partial charge on any atom is 0.308 e. The first-order valence-corrected chi connectivity index (χ1v) is 12.5. The number of rotatable bonds is 3. The lowest BCUT2D eigenvalue weighted by Gasteiger charge is -2.21. The second-order valence-corrected chi connectivity index (χ2v) is 11.0. The zero-order valence-electron chi connectivity index (χ0n) is 21.3. The minimum atomic E-state index is -0.581. The molecule has 182 valence electrons. The number of fused-ring (bicyclic) bond motifs is 3. The first-order valence-electron chi connectivity index (χ1n) is 11.6. The SMILES string of the molecule is Cc1sc2c(c1C)C(c1ccc(C#CC(C)N)cc1)=NC(CC(=O)OC(C)(C)C)c1nnc(C)n1-2. The van der Waals surface area contributed by atoms with Gasteiger partial charge in [-0.25, -0.2) is 0 Å². The molecule has 0 bridgehead atoms. The lowest BCUT2D eigenvalue weighted by atomic mass is 9.98. The Morgan fingerprint density at radius 3 is 2.51 bits per heavy atom. The topological polar surface area (TPSA) is 95.4 Å². The number of aryl methyl sites for hydroxylation is 2. The van der Waals surface area contributed by atoms with Crippen molar-refractivity contribution in [2.45, 2.75) is 72.6 Å². The van der Waals surface area contributed by atoms with Crippen LogP contribution in [-0.4, -0.2) is 38.1 Å². The number of hydrogen-bond acceptors (Lipinski definition) is 7. The van der Waals surface area contributed by atoms with Gasteiger partial charge in [0.2, 0.25) is 0 Å². The molecule has 3 heterocycles. The number of esters is 1. The van der Waals surface area contributed by atoms with E-state index in [9.17, 15) is 4.79 Å². The molecule has 1 aliphatic rings. The standard InChI is InChI=1S/C27H31N5O2S/c1-15(28)8-9-19-10-12-20(13-11-19)24-23-16(2)17(3)35-26(23)32-18(4)30-31-25(32)21(29-24)14-22(33)34-27(5,6)7/h10-13,15,21H,14,28H2,1-7H3. The van der Waals surface area contributed by atoms with Crippen molar-refractivity contribution in [2.24, 2.45) is 10.7 Å². The molecule has 1 aliphatic heterocycles. The maximum atomic E-state index is 12.8. The summed E-state index contributed by atoms with van der Waals surface area (Å²) in [6.45, 7) is 13.6. The average Bonchev–Trinajstić information content (AvgIpc) is 3.24. The second-order valence-electron chi connectivity index (χ2n) is 9.82. The van der Waals surface area contributed by atoms with Gasteiger partial charge in [0.15, 0.2) is 5.82 Å². The number of hydrogen-bond donors (Lipinski definition) is 1. The highest BCUT2D eigenvalue weighted by atomic mass is 32.1. The fraction of sp³-hybridized carbons (Fsp3) is 0.407. The van der Waals surface area contributed by atoms with E-state index in [-0.39, 0.29) is 18.4 Å². The van der Waals surface area contributed by atoms with E-state index in [4.69, 9.17) is 15.5 Å². The summed E-state index contributed by atoms with van der Waals surface area (Å²) < 4.78 is 7.65. The fourth-order valence-corrected chi connectivity index (χ4v) is 5.19. The van der Waals surface area contributed by atoms with E-state index < -0.39 is 11.6 Å². The highest BCUT2D eigenvalue weighted by Gasteiger charge is 2.33. The number of carbonyl (C=O) groups excluding carboxylic acids is 1. The summed E-state index contributed by atoms with van der Waals surface area (Å²) in [4.78, 5) is 19.2. The molecule has 0 fully saturated rings. The summed E-state index contributed by atoms with van der Waals surface area (Å²) in [5, 5.41) is 9.79. The van der Waals surface area contributed by atoms with Crippen LogP contribution in [0.5, 0.6) is 0 Å². The zero-order valence-corrected chi connectivity index (χ0v) is 22.1. The third-order valence-corrected chi connectivity index (χ3v) is 6.81. The van der Waals surface area contributed by atoms with Crippen molar-refractivity contribution < 1.29 is 9.53 Å². The molecule has 0 spiro atoms. The minimum absolute atomic E-state index is 0.0732. The summed E-state index contributed by atoms with van der Waals surface area (Å²) in [6, 6.07) is 7.26. The highest BCUT2D eigenvalue weighted by Crippen LogP contribution is 2.39. The smallest absolute Gasteiger partial charge is 0.308 e. The summed E-state index contributed by atoms with van der Waals surface area (Å²) >= 11 is 1.69. The number of aliphatic imine (C=N–C) groups is 1. The van der Waals surface area contributed by atoms with Crippen LogP contribution in [0.2, 0.25) is 0 Å². The van der Waals surface area contributed by atoms with Gasteiger partial charge in [0.05, 0.1) is 18.2 Å². The molecule has 7 nitrogen and oxygen atoms in total. The van der Waals surface area contributed by atoms with Crippen molar-refractivity contribution in [3.63, 3.8) is 0 Å². The molecule has 35 heavy (non-hydrogen) atoms. The molecule has 2 aromatic heterocycles. The number of benzene rings is 1. The normalized spacial score (nSPS) is 15.8. The van der Waals surface area contributed by atoms with Crippen molar-refractivity contribution in [1.82, 2.24) is 14.8 Å². The van der Waals surface area contributed by atoms with Gasteiger partial charge in [-0.2, -0.15) is 0 Å². The number of aromatic nitrogens is 3. The second kappa shape index (κ2) is 9.40. The molecule has 0 saturated heterocycles. The number of carbonyl (C=O) groups is 1. The first kappa shape index (κ1) is 24.8. The van der Waals surface area contributed by atoms with Crippen molar-refractivity contribution in [3.05, 3.63) is 63.0 Å². The van der Waals surface area contributed by atoms with Crippen molar-refractivity contribution >= 4 is 23.0 Å². The van der Waals surface area contributed by atoms with Gasteiger partial charge in [0, 0.05) is 21.6 Å². The van der Waals surface area contributed by atoms with Crippen LogP contribution in [0.1, 0.15) is 78.9 Å². The number of ether oxygens (including phenoxy) is 1. The largest absolute Gasteiger partial charge is 0.460 e. The Morgan fingerprint density at radius 1 is 1.20 bits per heavy atom. The highest BCUT2D eigenvalue weighted by molar-refractivity contribution is 7.15. The van der Waals surface area contributed by atoms with Gasteiger partial charge >= 0.3 is 5.97 Å². The van der Waals surface area contributed by atoms with Crippen LogP contribution < -0.4 is 5.73 Å². The lowest BCUT2D eigenvalue weighted by Crippen LogP contribution is -2.25. The van der Waals surface area contributed by atoms with Gasteiger partial charge < -0.3 is 10.5 Å². The maximum absolute atomic E-state index is 12.8. The van der Waals surface area contributed by atoms with Crippen LogP contribution >= 0.6 is 11.3 Å². The van der Waals surface area contributed by atoms with Crippen LogP contribution in [0.3, 0.4) is 0 Å². The van der Waals surface area contributed by atoms with E-state index in [1.807, 2.05) is 63.5 Å². The quantitative estimate of drug-likeness (QED) is 0.429. The van der Waals surface area contributed by atoms with Crippen LogP contribution in [0, 0.1) is 32.6 Å². The van der Waals surface area contributed by atoms with E-state index >= 15 is 0 Å². The van der Waals surface area contributed by atoms with Gasteiger partial charge in [-0.05, 0) is 66.2 Å². The predicted octanol–water partition coefficient (Wildman–Crippen LogP) is 4.58. The van der Waals surface area contributed by atoms with E-state index in [1.54, 1.807) is 11.3 Å². The molecular formula is C27H31N5O2S. The van der Waals surface area contributed by atoms with Crippen LogP contribution in [-0.2, 0) is 9.53 Å². The number of nitrogens with zero attached hydrogens (tertiary/aromatic N) is 4. The molecule has 4 rings (SSSR count). The molecule has 2 unspecified atom stereocenters. The van der Waals surface area contributed by atoms with E-state index in [2.05, 4.69) is 35.9 Å². The predicted molar refractivity (Wildman–Crippen MR) is 139 cm³/mol. The van der Waals surface area contributed by atoms with Gasteiger partial charge in [-0.1, -0.05) is 24.0 Å². The Morgan fingerprint density at radius 2 is 1.89 bits per heavy atom. The molecule has 2 atom stereocenters. The van der Waals surface area contributed by atoms with Crippen LogP contribution in [0.4, 0.5) is 0 Å². The molecule has 1 aromatic carbocycles. The monoisotopic (exact) mass is 489 g/mol. The Hall–Kier alpha value is -3.28. The fourth-order valence-electron chi connectivity index (χ4n) is 3.97. The zero-order chi connectivity index (χ0) is 25.5. The molecule has 0 radical (unpaired) electrons. The molecule has 0 saturated carbocycles. The average molecular weight is 490 g/mol. The summed E-state index contributed by atoms with van der Waals surface area (Å²) in [7, 11) is 0. The van der Waals surface area contributed by atoms with Crippen molar-refractivity contribution in [1.29, 1.82) is 0 Å². The molecule has 0 amide bonds. The summed E-state index contributed by atoms with van der Waals surface area (Å²) in [5.41, 5.74) is 10.0. The molecule has 2 N–H and O–H groups in total. The van der Waals surface area contributed by atoms with Gasteiger partial charge in [-0.3, -0.25) is 14.4 Å². The number of nitrogens with two attached hydrogens (primary N) is 1. The molecular weight excluding hydrogens is 458 g/mol. The van der Waals surface area contributed by atoms with E-state index in [0.29, 0.717) is 5.82 Å². The molecule has 3 aromatic rings. The van der Waals surface area contributed by atoms with Gasteiger partial charge in [0.25, 0.3) is 0 Å². The van der Waals surface area contributed by atoms with E-state index in [0.717, 1.165) is 38.8 Å². The lowest BCUT2D eigenvalue weighted by molar-refractivity contribution is -0.155. The van der Waals surface area contributed by atoms with Crippen molar-refractivity contribution in [3.8, 4) is 16.8 Å². The van der Waals surface area contributed by atoms with E-state index in [1.165, 1.54) is 4.88 Å². The minimum Gasteiger partial charge on any atom is -0.460 e. The first-order chi connectivity index (χ1) is 16.4. The Kier molecular flexibility index (Phi) is 6.67. The van der Waals surface area contributed by atoms with Crippen LogP contribution in [0.15, 0.2) is 29.3 Å². The van der Waals surface area contributed by atoms with Crippen molar-refractivity contribution in [2.75, 3.05) is 0 Å². The molecule has 8 heteroatoms. The summed E-state index contributed by atoms with van der Waals surface area (Å²) in [6.07, 6.45) is 0.0732. The third kappa shape index (κ3) is 5.21. The van der Waals surface area contributed by atoms with Gasteiger partial charge in [-0.15, -0.1) is 21.5 Å². The number of thiophene rings is 1. The Labute approximate surface area is 210 Å². The van der Waals surface area contributed by atoms with Crippen LogP contribution in [0.25, 0.3) is 5.00 Å². The third-order valence-electron chi connectivity index (χ3n) is 5.62. The summed E-state index contributed by atoms with van der Waals surface area (Å²) in [5.74, 6) is 7.17.